The zero-order valence-electron chi connectivity index (χ0n) is 14.1. The maximum atomic E-state index is 12.7. The Balaban J connectivity index is 1.72. The second-order valence-corrected chi connectivity index (χ2v) is 5.37. The number of amides is 2. The van der Waals surface area contributed by atoms with Gasteiger partial charge in [-0.1, -0.05) is 0 Å². The van der Waals surface area contributed by atoms with Crippen LogP contribution in [-0.4, -0.2) is 41.6 Å². The highest BCUT2D eigenvalue weighted by Gasteiger charge is 2.21. The lowest BCUT2D eigenvalue weighted by Crippen LogP contribution is -2.30. The van der Waals surface area contributed by atoms with Crippen LogP contribution >= 0.6 is 0 Å². The highest BCUT2D eigenvalue weighted by Crippen LogP contribution is 2.32. The van der Waals surface area contributed by atoms with Gasteiger partial charge in [0.15, 0.2) is 17.2 Å². The molecule has 0 fully saturated rings. The molecule has 0 aliphatic carbocycles. The van der Waals surface area contributed by atoms with Gasteiger partial charge in [0.2, 0.25) is 12.7 Å². The van der Waals surface area contributed by atoms with Gasteiger partial charge in [0, 0.05) is 18.7 Å². The number of aromatic nitrogens is 1. The van der Waals surface area contributed by atoms with Gasteiger partial charge in [0.1, 0.15) is 6.26 Å². The third-order valence-corrected chi connectivity index (χ3v) is 3.74. The second kappa shape index (κ2) is 7.25. The minimum Gasteiger partial charge on any atom is -0.454 e. The molecule has 3 rings (SSSR count). The number of hydrogen-bond acceptors (Lipinski definition) is 6. The third kappa shape index (κ3) is 3.57. The Labute approximate surface area is 144 Å². The lowest BCUT2D eigenvalue weighted by atomic mass is 10.1. The van der Waals surface area contributed by atoms with Gasteiger partial charge in [-0.2, -0.15) is 0 Å². The molecule has 0 saturated heterocycles. The Morgan fingerprint density at radius 2 is 2.04 bits per heavy atom. The molecule has 1 aliphatic heterocycles. The van der Waals surface area contributed by atoms with Crippen molar-refractivity contribution in [3.8, 4) is 11.5 Å². The van der Waals surface area contributed by atoms with Crippen LogP contribution in [0.15, 0.2) is 28.9 Å². The highest BCUT2D eigenvalue weighted by atomic mass is 16.7. The second-order valence-electron chi connectivity index (χ2n) is 5.37. The summed E-state index contributed by atoms with van der Waals surface area (Å²) < 4.78 is 15.9. The fraction of sp³-hybridized carbons (Fsp3) is 0.353. The number of carbonyl (C=O) groups excluding carboxylic acids is 2. The molecule has 1 aromatic heterocycles. The van der Waals surface area contributed by atoms with Gasteiger partial charge in [-0.05, 0) is 32.0 Å². The number of oxazole rings is 1. The van der Waals surface area contributed by atoms with E-state index < -0.39 is 0 Å². The number of fused-ring (bicyclic) bond motifs is 1. The van der Waals surface area contributed by atoms with Crippen molar-refractivity contribution in [1.29, 1.82) is 0 Å². The molecule has 8 heteroatoms. The first-order valence-corrected chi connectivity index (χ1v) is 8.03. The maximum absolute atomic E-state index is 12.7. The number of hydrogen-bond donors (Lipinski definition) is 1. The van der Waals surface area contributed by atoms with Crippen molar-refractivity contribution >= 4 is 11.8 Å². The van der Waals surface area contributed by atoms with Crippen molar-refractivity contribution in [2.24, 2.45) is 0 Å². The largest absolute Gasteiger partial charge is 0.454 e. The molecule has 0 atom stereocenters. The summed E-state index contributed by atoms with van der Waals surface area (Å²) in [6.07, 6.45) is 1.29. The monoisotopic (exact) mass is 345 g/mol. The normalized spacial score (nSPS) is 12.1. The van der Waals surface area contributed by atoms with Gasteiger partial charge in [-0.15, -0.1) is 0 Å². The van der Waals surface area contributed by atoms with Gasteiger partial charge < -0.3 is 24.1 Å². The van der Waals surface area contributed by atoms with E-state index in [1.54, 1.807) is 23.1 Å². The molecular weight excluding hydrogens is 326 g/mol. The molecule has 2 amide bonds. The van der Waals surface area contributed by atoms with Crippen molar-refractivity contribution in [2.75, 3.05) is 19.9 Å². The summed E-state index contributed by atoms with van der Waals surface area (Å²) in [4.78, 5) is 30.1. The Bertz CT molecular complexity index is 786. The lowest BCUT2D eigenvalue weighted by Gasteiger charge is -2.19. The molecule has 0 saturated carbocycles. The summed E-state index contributed by atoms with van der Waals surface area (Å²) in [6.45, 7) is 4.98. The predicted molar refractivity (Wildman–Crippen MR) is 87.5 cm³/mol. The molecule has 132 valence electrons. The van der Waals surface area contributed by atoms with Gasteiger partial charge in [-0.25, -0.2) is 4.98 Å². The van der Waals surface area contributed by atoms with Crippen LogP contribution in [0.2, 0.25) is 0 Å². The molecule has 25 heavy (non-hydrogen) atoms. The van der Waals surface area contributed by atoms with Crippen molar-refractivity contribution in [3.63, 3.8) is 0 Å². The number of ether oxygens (including phenoxy) is 2. The van der Waals surface area contributed by atoms with E-state index in [1.165, 1.54) is 6.26 Å². The molecule has 0 unspecified atom stereocenters. The Morgan fingerprint density at radius 1 is 1.24 bits per heavy atom. The van der Waals surface area contributed by atoms with Crippen LogP contribution in [0.25, 0.3) is 0 Å². The first-order valence-electron chi connectivity index (χ1n) is 8.03. The fourth-order valence-corrected chi connectivity index (χ4v) is 2.44. The SMILES string of the molecule is CCNC(=O)c1coc(CN(CC)C(=O)c2ccc3c(c2)OCO3)n1. The average Bonchev–Trinajstić information content (AvgIpc) is 3.27. The first-order chi connectivity index (χ1) is 12.1. The minimum absolute atomic E-state index is 0.156. The van der Waals surface area contributed by atoms with E-state index in [4.69, 9.17) is 13.9 Å². The van der Waals surface area contributed by atoms with E-state index in [1.807, 2.05) is 13.8 Å². The Hall–Kier alpha value is -3.03. The highest BCUT2D eigenvalue weighted by molar-refractivity contribution is 5.95. The Kier molecular flexibility index (Phi) is 4.87. The molecule has 0 radical (unpaired) electrons. The third-order valence-electron chi connectivity index (χ3n) is 3.74. The molecule has 1 aliphatic rings. The van der Waals surface area contributed by atoms with Gasteiger partial charge in [0.25, 0.3) is 11.8 Å². The zero-order chi connectivity index (χ0) is 17.8. The van der Waals surface area contributed by atoms with Crippen LogP contribution in [-0.2, 0) is 6.54 Å². The number of nitrogens with zero attached hydrogens (tertiary/aromatic N) is 2. The number of benzene rings is 1. The van der Waals surface area contributed by atoms with Crippen LogP contribution < -0.4 is 14.8 Å². The molecular formula is C17H19N3O5. The summed E-state index contributed by atoms with van der Waals surface area (Å²) >= 11 is 0. The van der Waals surface area contributed by atoms with Crippen molar-refractivity contribution < 1.29 is 23.5 Å². The van der Waals surface area contributed by atoms with Crippen LogP contribution in [0.4, 0.5) is 0 Å². The van der Waals surface area contributed by atoms with Crippen molar-refractivity contribution in [2.45, 2.75) is 20.4 Å². The first kappa shape index (κ1) is 16.8. The van der Waals surface area contributed by atoms with Crippen LogP contribution in [0.3, 0.4) is 0 Å². The van der Waals surface area contributed by atoms with E-state index in [0.717, 1.165) is 0 Å². The standard InChI is InChI=1S/C17H19N3O5/c1-3-18-16(21)12-9-23-15(19-12)8-20(4-2)17(22)11-5-6-13-14(7-11)25-10-24-13/h5-7,9H,3-4,8,10H2,1-2H3,(H,18,21). The van der Waals surface area contributed by atoms with E-state index in [9.17, 15) is 9.59 Å². The summed E-state index contributed by atoms with van der Waals surface area (Å²) in [5.41, 5.74) is 0.685. The summed E-state index contributed by atoms with van der Waals surface area (Å²) in [5, 5.41) is 2.65. The van der Waals surface area contributed by atoms with Gasteiger partial charge in [-0.3, -0.25) is 9.59 Å². The molecule has 0 spiro atoms. The van der Waals surface area contributed by atoms with E-state index in [-0.39, 0.29) is 30.8 Å². The number of carbonyl (C=O) groups is 2. The number of nitrogens with one attached hydrogen (secondary N) is 1. The smallest absolute Gasteiger partial charge is 0.273 e. The zero-order valence-corrected chi connectivity index (χ0v) is 14.1. The molecule has 0 bridgehead atoms. The summed E-state index contributed by atoms with van der Waals surface area (Å²) in [5.74, 6) is 0.994. The summed E-state index contributed by atoms with van der Waals surface area (Å²) in [7, 11) is 0. The lowest BCUT2D eigenvalue weighted by molar-refractivity contribution is 0.0738. The van der Waals surface area contributed by atoms with Crippen LogP contribution in [0, 0.1) is 0 Å². The van der Waals surface area contributed by atoms with Crippen molar-refractivity contribution in [1.82, 2.24) is 15.2 Å². The van der Waals surface area contributed by atoms with Gasteiger partial charge >= 0.3 is 0 Å². The average molecular weight is 345 g/mol. The van der Waals surface area contributed by atoms with Crippen LogP contribution in [0.5, 0.6) is 11.5 Å². The van der Waals surface area contributed by atoms with Gasteiger partial charge in [0.05, 0.1) is 6.54 Å². The van der Waals surface area contributed by atoms with Crippen molar-refractivity contribution in [3.05, 3.63) is 41.6 Å². The number of rotatable bonds is 6. The van der Waals surface area contributed by atoms with E-state index in [0.29, 0.717) is 36.0 Å². The maximum Gasteiger partial charge on any atom is 0.273 e. The molecule has 1 aromatic carbocycles. The van der Waals surface area contributed by atoms with Crippen LogP contribution in [0.1, 0.15) is 40.6 Å². The van der Waals surface area contributed by atoms with E-state index in [2.05, 4.69) is 10.3 Å². The molecule has 8 nitrogen and oxygen atoms in total. The fourth-order valence-electron chi connectivity index (χ4n) is 2.44. The predicted octanol–water partition coefficient (Wildman–Crippen LogP) is 1.82. The quantitative estimate of drug-likeness (QED) is 0.858. The van der Waals surface area contributed by atoms with E-state index >= 15 is 0 Å². The minimum atomic E-state index is -0.303. The Morgan fingerprint density at radius 3 is 2.80 bits per heavy atom. The summed E-state index contributed by atoms with van der Waals surface area (Å²) in [6, 6.07) is 5.05. The topological polar surface area (TPSA) is 93.9 Å². The molecule has 2 heterocycles. The molecule has 1 N–H and O–H groups in total. The molecule has 2 aromatic rings.